The highest BCUT2D eigenvalue weighted by molar-refractivity contribution is 7.11. The molecule has 22 heavy (non-hydrogen) atoms. The van der Waals surface area contributed by atoms with Gasteiger partial charge in [-0.2, -0.15) is 0 Å². The van der Waals surface area contributed by atoms with Crippen LogP contribution < -0.4 is 11.2 Å². The van der Waals surface area contributed by atoms with E-state index in [0.29, 0.717) is 18.5 Å². The summed E-state index contributed by atoms with van der Waals surface area (Å²) in [7, 11) is 0. The van der Waals surface area contributed by atoms with Crippen molar-refractivity contribution in [3.8, 4) is 0 Å². The number of rotatable bonds is 4. The molecule has 0 fully saturated rings. The molecule has 1 aromatic carbocycles. The topological polar surface area (TPSA) is 44.0 Å². The fourth-order valence-corrected chi connectivity index (χ4v) is 3.56. The molecule has 2 aromatic heterocycles. The molecule has 0 bridgehead atoms. The summed E-state index contributed by atoms with van der Waals surface area (Å²) in [4.78, 5) is 27.6. The molecule has 0 spiro atoms. The van der Waals surface area contributed by atoms with Crippen LogP contribution in [0.1, 0.15) is 23.1 Å². The quantitative estimate of drug-likeness (QED) is 0.743. The van der Waals surface area contributed by atoms with Gasteiger partial charge in [0, 0.05) is 16.3 Å². The molecule has 5 heteroatoms. The van der Waals surface area contributed by atoms with Crippen LogP contribution in [0.25, 0.3) is 10.9 Å². The molecule has 0 atom stereocenters. The molecule has 0 aliphatic carbocycles. The first kappa shape index (κ1) is 14.8. The second kappa shape index (κ2) is 5.93. The van der Waals surface area contributed by atoms with Crippen LogP contribution in [0.5, 0.6) is 0 Å². The predicted molar refractivity (Wildman–Crippen MR) is 90.9 cm³/mol. The second-order valence-electron chi connectivity index (χ2n) is 5.36. The van der Waals surface area contributed by atoms with Crippen LogP contribution in [-0.4, -0.2) is 9.13 Å². The Morgan fingerprint density at radius 1 is 1.05 bits per heavy atom. The zero-order valence-corrected chi connectivity index (χ0v) is 13.5. The molecular formula is C17H18N2O2S. The summed E-state index contributed by atoms with van der Waals surface area (Å²) in [5, 5.41) is 0.601. The van der Waals surface area contributed by atoms with Gasteiger partial charge in [0.15, 0.2) is 0 Å². The van der Waals surface area contributed by atoms with Crippen molar-refractivity contribution in [2.45, 2.75) is 33.4 Å². The molecule has 3 aromatic rings. The highest BCUT2D eigenvalue weighted by atomic mass is 32.1. The Bertz CT molecular complexity index is 934. The van der Waals surface area contributed by atoms with Crippen LogP contribution in [0.2, 0.25) is 0 Å². The lowest BCUT2D eigenvalue weighted by Crippen LogP contribution is -2.40. The summed E-state index contributed by atoms with van der Waals surface area (Å²) in [6.45, 7) is 5.00. The lowest BCUT2D eigenvalue weighted by Gasteiger charge is -2.12. The molecule has 0 saturated carbocycles. The third-order valence-corrected chi connectivity index (χ3v) is 4.67. The summed E-state index contributed by atoms with van der Waals surface area (Å²) in [5.74, 6) is 0. The summed E-state index contributed by atoms with van der Waals surface area (Å²) >= 11 is 1.62. The molecule has 3 rings (SSSR count). The Kier molecular flexibility index (Phi) is 3.98. The van der Waals surface area contributed by atoms with Crippen molar-refractivity contribution in [3.05, 3.63) is 67.0 Å². The number of thiophene rings is 1. The molecular weight excluding hydrogens is 296 g/mol. The minimum atomic E-state index is -0.225. The molecule has 0 saturated heterocycles. The summed E-state index contributed by atoms with van der Waals surface area (Å²) < 4.78 is 3.06. The van der Waals surface area contributed by atoms with Gasteiger partial charge in [-0.05, 0) is 37.6 Å². The first-order chi connectivity index (χ1) is 10.6. The first-order valence-electron chi connectivity index (χ1n) is 7.39. The fourth-order valence-electron chi connectivity index (χ4n) is 2.68. The number of aryl methyl sites for hydroxylation is 2. The third kappa shape index (κ3) is 2.52. The number of hydrogen-bond acceptors (Lipinski definition) is 3. The van der Waals surface area contributed by atoms with E-state index in [1.807, 2.05) is 44.2 Å². The molecule has 0 amide bonds. The molecule has 2 heterocycles. The molecule has 0 aliphatic heterocycles. The third-order valence-electron chi connectivity index (χ3n) is 3.69. The fraction of sp³-hybridized carbons (Fsp3) is 0.294. The number of fused-ring (bicyclic) bond motifs is 1. The van der Waals surface area contributed by atoms with Gasteiger partial charge < -0.3 is 0 Å². The molecule has 0 radical (unpaired) electrons. The van der Waals surface area contributed by atoms with E-state index in [9.17, 15) is 9.59 Å². The van der Waals surface area contributed by atoms with Crippen LogP contribution in [0.15, 0.2) is 46.0 Å². The molecule has 0 N–H and O–H groups in total. The summed E-state index contributed by atoms with van der Waals surface area (Å²) in [5.41, 5.74) is 0.286. The van der Waals surface area contributed by atoms with E-state index in [0.717, 1.165) is 16.8 Å². The lowest BCUT2D eigenvalue weighted by molar-refractivity contribution is 0.596. The number of aromatic nitrogens is 2. The lowest BCUT2D eigenvalue weighted by atomic mass is 10.2. The van der Waals surface area contributed by atoms with Gasteiger partial charge in [0.2, 0.25) is 0 Å². The van der Waals surface area contributed by atoms with Gasteiger partial charge >= 0.3 is 5.69 Å². The standard InChI is InChI=1S/C17H18N2O2S/c1-3-10-18-15-7-5-4-6-14(15)16(20)19(17(18)21)11-13-9-8-12(2)22-13/h4-9H,3,10-11H2,1-2H3. The number of benzene rings is 1. The minimum Gasteiger partial charge on any atom is -0.293 e. The van der Waals surface area contributed by atoms with Crippen molar-refractivity contribution in [1.29, 1.82) is 0 Å². The van der Waals surface area contributed by atoms with Gasteiger partial charge in [-0.3, -0.25) is 13.9 Å². The minimum absolute atomic E-state index is 0.209. The molecule has 4 nitrogen and oxygen atoms in total. The smallest absolute Gasteiger partial charge is 0.293 e. The van der Waals surface area contributed by atoms with E-state index in [4.69, 9.17) is 0 Å². The van der Waals surface area contributed by atoms with Crippen LogP contribution in [0.3, 0.4) is 0 Å². The van der Waals surface area contributed by atoms with Crippen molar-refractivity contribution >= 4 is 22.2 Å². The Labute approximate surface area is 132 Å². The molecule has 114 valence electrons. The van der Waals surface area contributed by atoms with Gasteiger partial charge in [-0.25, -0.2) is 4.79 Å². The normalized spacial score (nSPS) is 11.2. The predicted octanol–water partition coefficient (Wildman–Crippen LogP) is 2.99. The van der Waals surface area contributed by atoms with Gasteiger partial charge in [-0.1, -0.05) is 19.1 Å². The maximum absolute atomic E-state index is 12.7. The van der Waals surface area contributed by atoms with E-state index < -0.39 is 0 Å². The van der Waals surface area contributed by atoms with E-state index in [2.05, 4.69) is 0 Å². The Morgan fingerprint density at radius 3 is 2.50 bits per heavy atom. The molecule has 0 unspecified atom stereocenters. The van der Waals surface area contributed by atoms with Gasteiger partial charge in [0.1, 0.15) is 0 Å². The Balaban J connectivity index is 2.25. The maximum Gasteiger partial charge on any atom is 0.331 e. The van der Waals surface area contributed by atoms with Crippen LogP contribution >= 0.6 is 11.3 Å². The largest absolute Gasteiger partial charge is 0.331 e. The van der Waals surface area contributed by atoms with Gasteiger partial charge in [0.05, 0.1) is 17.4 Å². The monoisotopic (exact) mass is 314 g/mol. The summed E-state index contributed by atoms with van der Waals surface area (Å²) in [6.07, 6.45) is 0.847. The maximum atomic E-state index is 12.7. The van der Waals surface area contributed by atoms with E-state index in [1.54, 1.807) is 22.0 Å². The average Bonchev–Trinajstić information content (AvgIpc) is 2.93. The van der Waals surface area contributed by atoms with Crippen molar-refractivity contribution in [3.63, 3.8) is 0 Å². The Hall–Kier alpha value is -2.14. The highest BCUT2D eigenvalue weighted by Gasteiger charge is 2.13. The zero-order valence-electron chi connectivity index (χ0n) is 12.7. The van der Waals surface area contributed by atoms with Crippen molar-refractivity contribution in [1.82, 2.24) is 9.13 Å². The van der Waals surface area contributed by atoms with E-state index in [1.165, 1.54) is 9.44 Å². The van der Waals surface area contributed by atoms with E-state index >= 15 is 0 Å². The number of hydrogen-bond donors (Lipinski definition) is 0. The van der Waals surface area contributed by atoms with Crippen LogP contribution in [0.4, 0.5) is 0 Å². The van der Waals surface area contributed by atoms with Crippen molar-refractivity contribution in [2.75, 3.05) is 0 Å². The summed E-state index contributed by atoms with van der Waals surface area (Å²) in [6, 6.07) is 11.3. The average molecular weight is 314 g/mol. The first-order valence-corrected chi connectivity index (χ1v) is 8.21. The number of nitrogens with zero attached hydrogens (tertiary/aromatic N) is 2. The van der Waals surface area contributed by atoms with Crippen molar-refractivity contribution in [2.24, 2.45) is 0 Å². The van der Waals surface area contributed by atoms with Gasteiger partial charge in [-0.15, -0.1) is 11.3 Å². The van der Waals surface area contributed by atoms with E-state index in [-0.39, 0.29) is 11.2 Å². The molecule has 0 aliphatic rings. The Morgan fingerprint density at radius 2 is 1.82 bits per heavy atom. The number of para-hydroxylation sites is 1. The SMILES string of the molecule is CCCn1c(=O)n(Cc2ccc(C)s2)c(=O)c2ccccc21. The van der Waals surface area contributed by atoms with Crippen molar-refractivity contribution < 1.29 is 0 Å². The van der Waals surface area contributed by atoms with Gasteiger partial charge in [0.25, 0.3) is 5.56 Å². The highest BCUT2D eigenvalue weighted by Crippen LogP contribution is 2.16. The second-order valence-corrected chi connectivity index (χ2v) is 6.73. The van der Waals surface area contributed by atoms with Crippen LogP contribution in [-0.2, 0) is 13.1 Å². The van der Waals surface area contributed by atoms with Crippen LogP contribution in [0, 0.1) is 6.92 Å². The zero-order chi connectivity index (χ0) is 15.7.